The molecule has 86 valence electrons. The number of nitrogens with zero attached hydrogens (tertiary/aromatic N) is 2. The van der Waals surface area contributed by atoms with E-state index in [1.807, 2.05) is 18.5 Å². The maximum absolute atomic E-state index is 9.31. The van der Waals surface area contributed by atoms with E-state index >= 15 is 0 Å². The summed E-state index contributed by atoms with van der Waals surface area (Å²) < 4.78 is 1.97. The van der Waals surface area contributed by atoms with Gasteiger partial charge >= 0.3 is 0 Å². The van der Waals surface area contributed by atoms with Crippen LogP contribution in [0, 0.1) is 12.3 Å². The average Bonchev–Trinajstić information content (AvgIpc) is 2.58. The summed E-state index contributed by atoms with van der Waals surface area (Å²) in [6.45, 7) is 7.49. The van der Waals surface area contributed by atoms with Crippen molar-refractivity contribution in [2.24, 2.45) is 11.1 Å². The van der Waals surface area contributed by atoms with Gasteiger partial charge in [0.1, 0.15) is 0 Å². The Hall–Kier alpha value is -0.870. The Labute approximate surface area is 91.1 Å². The normalized spacial score (nSPS) is 15.3. The third kappa shape index (κ3) is 2.79. The van der Waals surface area contributed by atoms with Gasteiger partial charge in [-0.15, -0.1) is 0 Å². The molecule has 1 aromatic heterocycles. The van der Waals surface area contributed by atoms with Gasteiger partial charge in [-0.05, 0) is 26.3 Å². The molecule has 4 heteroatoms. The SMILES string of the molecule is CCn1nc(C)cc1CC(C)(CN)CO. The van der Waals surface area contributed by atoms with Gasteiger partial charge in [-0.3, -0.25) is 4.68 Å². The number of aromatic nitrogens is 2. The van der Waals surface area contributed by atoms with E-state index < -0.39 is 0 Å². The summed E-state index contributed by atoms with van der Waals surface area (Å²) in [4.78, 5) is 0. The maximum Gasteiger partial charge on any atom is 0.0596 e. The molecule has 4 nitrogen and oxygen atoms in total. The van der Waals surface area contributed by atoms with Gasteiger partial charge in [0.25, 0.3) is 0 Å². The minimum Gasteiger partial charge on any atom is -0.396 e. The minimum atomic E-state index is -0.237. The summed E-state index contributed by atoms with van der Waals surface area (Å²) in [5.74, 6) is 0. The van der Waals surface area contributed by atoms with Gasteiger partial charge in [0.05, 0.1) is 12.3 Å². The molecule has 0 spiro atoms. The van der Waals surface area contributed by atoms with Gasteiger partial charge in [0.15, 0.2) is 0 Å². The van der Waals surface area contributed by atoms with Gasteiger partial charge in [0.2, 0.25) is 0 Å². The highest BCUT2D eigenvalue weighted by Gasteiger charge is 2.23. The van der Waals surface area contributed by atoms with Gasteiger partial charge in [-0.1, -0.05) is 6.92 Å². The van der Waals surface area contributed by atoms with Crippen molar-refractivity contribution in [1.82, 2.24) is 9.78 Å². The zero-order chi connectivity index (χ0) is 11.5. The van der Waals surface area contributed by atoms with Crippen molar-refractivity contribution in [1.29, 1.82) is 0 Å². The lowest BCUT2D eigenvalue weighted by atomic mass is 9.86. The molecule has 0 fully saturated rings. The highest BCUT2D eigenvalue weighted by Crippen LogP contribution is 2.21. The third-order valence-corrected chi connectivity index (χ3v) is 2.77. The van der Waals surface area contributed by atoms with Crippen LogP contribution in [0.15, 0.2) is 6.07 Å². The molecule has 1 aromatic rings. The van der Waals surface area contributed by atoms with Gasteiger partial charge in [0, 0.05) is 24.2 Å². The molecular weight excluding hydrogens is 190 g/mol. The van der Waals surface area contributed by atoms with Crippen molar-refractivity contribution in [3.05, 3.63) is 17.5 Å². The summed E-state index contributed by atoms with van der Waals surface area (Å²) in [6.07, 6.45) is 0.772. The molecule has 1 rings (SSSR count). The first-order valence-electron chi connectivity index (χ1n) is 5.39. The van der Waals surface area contributed by atoms with E-state index in [9.17, 15) is 5.11 Å². The Bertz CT molecular complexity index is 316. The summed E-state index contributed by atoms with van der Waals surface area (Å²) in [5.41, 5.74) is 7.61. The predicted molar refractivity (Wildman–Crippen MR) is 60.6 cm³/mol. The molecule has 0 bridgehead atoms. The first-order chi connectivity index (χ1) is 7.04. The van der Waals surface area contributed by atoms with Crippen LogP contribution in [0.25, 0.3) is 0 Å². The topological polar surface area (TPSA) is 64.1 Å². The highest BCUT2D eigenvalue weighted by molar-refractivity contribution is 5.11. The fourth-order valence-electron chi connectivity index (χ4n) is 1.65. The first kappa shape index (κ1) is 12.2. The van der Waals surface area contributed by atoms with E-state index in [0.29, 0.717) is 6.54 Å². The zero-order valence-electron chi connectivity index (χ0n) is 9.82. The molecule has 1 heterocycles. The number of rotatable bonds is 5. The second kappa shape index (κ2) is 4.77. The average molecular weight is 211 g/mol. The van der Waals surface area contributed by atoms with E-state index in [4.69, 9.17) is 5.73 Å². The lowest BCUT2D eigenvalue weighted by Gasteiger charge is -2.25. The zero-order valence-corrected chi connectivity index (χ0v) is 9.82. The van der Waals surface area contributed by atoms with Gasteiger partial charge in [-0.25, -0.2) is 0 Å². The monoisotopic (exact) mass is 211 g/mol. The van der Waals surface area contributed by atoms with Crippen LogP contribution in [0.5, 0.6) is 0 Å². The Morgan fingerprint density at radius 3 is 2.73 bits per heavy atom. The van der Waals surface area contributed by atoms with Crippen LogP contribution < -0.4 is 5.73 Å². The van der Waals surface area contributed by atoms with Crippen molar-refractivity contribution in [2.75, 3.05) is 13.2 Å². The molecule has 0 aliphatic carbocycles. The fraction of sp³-hybridized carbons (Fsp3) is 0.727. The van der Waals surface area contributed by atoms with Crippen LogP contribution in [0.2, 0.25) is 0 Å². The predicted octanol–water partition coefficient (Wildman–Crippen LogP) is 0.711. The molecule has 0 aromatic carbocycles. The molecule has 1 unspecified atom stereocenters. The van der Waals surface area contributed by atoms with Crippen LogP contribution in [-0.2, 0) is 13.0 Å². The standard InChI is InChI=1S/C11H21N3O/c1-4-14-10(5-9(2)13-14)6-11(3,7-12)8-15/h5,15H,4,6-8,12H2,1-3H3. The fourth-order valence-corrected chi connectivity index (χ4v) is 1.65. The van der Waals surface area contributed by atoms with Crippen LogP contribution in [0.3, 0.4) is 0 Å². The van der Waals surface area contributed by atoms with Crippen LogP contribution >= 0.6 is 0 Å². The maximum atomic E-state index is 9.31. The molecule has 0 saturated heterocycles. The number of aryl methyl sites for hydroxylation is 2. The Kier molecular flexibility index (Phi) is 3.88. The largest absolute Gasteiger partial charge is 0.396 e. The molecule has 0 saturated carbocycles. The van der Waals surface area contributed by atoms with Crippen LogP contribution in [0.1, 0.15) is 25.2 Å². The van der Waals surface area contributed by atoms with Crippen LogP contribution in [-0.4, -0.2) is 28.0 Å². The summed E-state index contributed by atoms with van der Waals surface area (Å²) in [7, 11) is 0. The van der Waals surface area contributed by atoms with Gasteiger partial charge < -0.3 is 10.8 Å². The van der Waals surface area contributed by atoms with Crippen molar-refractivity contribution >= 4 is 0 Å². The Balaban J connectivity index is 2.87. The minimum absolute atomic E-state index is 0.109. The van der Waals surface area contributed by atoms with Crippen molar-refractivity contribution in [3.8, 4) is 0 Å². The molecule has 15 heavy (non-hydrogen) atoms. The smallest absolute Gasteiger partial charge is 0.0596 e. The molecule has 0 amide bonds. The molecule has 3 N–H and O–H groups in total. The summed E-state index contributed by atoms with van der Waals surface area (Å²) >= 11 is 0. The molecule has 0 aliphatic heterocycles. The van der Waals surface area contributed by atoms with E-state index in [-0.39, 0.29) is 12.0 Å². The molecular formula is C11H21N3O. The summed E-state index contributed by atoms with van der Waals surface area (Å²) in [5, 5.41) is 13.7. The van der Waals surface area contributed by atoms with Crippen molar-refractivity contribution in [3.63, 3.8) is 0 Å². The third-order valence-electron chi connectivity index (χ3n) is 2.77. The first-order valence-corrected chi connectivity index (χ1v) is 5.39. The number of aliphatic hydroxyl groups excluding tert-OH is 1. The van der Waals surface area contributed by atoms with E-state index in [2.05, 4.69) is 18.1 Å². The van der Waals surface area contributed by atoms with E-state index in [1.54, 1.807) is 0 Å². The Morgan fingerprint density at radius 2 is 2.27 bits per heavy atom. The molecule has 1 atom stereocenters. The lowest BCUT2D eigenvalue weighted by Crippen LogP contribution is -2.34. The number of nitrogens with two attached hydrogens (primary N) is 1. The Morgan fingerprint density at radius 1 is 1.60 bits per heavy atom. The lowest BCUT2D eigenvalue weighted by molar-refractivity contribution is 0.147. The van der Waals surface area contributed by atoms with Crippen LogP contribution in [0.4, 0.5) is 0 Å². The number of hydrogen-bond donors (Lipinski definition) is 2. The van der Waals surface area contributed by atoms with E-state index in [1.165, 1.54) is 0 Å². The second-order valence-corrected chi connectivity index (χ2v) is 4.44. The highest BCUT2D eigenvalue weighted by atomic mass is 16.3. The van der Waals surface area contributed by atoms with E-state index in [0.717, 1.165) is 24.4 Å². The molecule has 0 radical (unpaired) electrons. The van der Waals surface area contributed by atoms with Gasteiger partial charge in [-0.2, -0.15) is 5.10 Å². The summed E-state index contributed by atoms with van der Waals surface area (Å²) in [6, 6.07) is 2.06. The number of aliphatic hydroxyl groups is 1. The van der Waals surface area contributed by atoms with Crippen molar-refractivity contribution in [2.45, 2.75) is 33.7 Å². The number of hydrogen-bond acceptors (Lipinski definition) is 3. The second-order valence-electron chi connectivity index (χ2n) is 4.44. The van der Waals surface area contributed by atoms with Crippen molar-refractivity contribution < 1.29 is 5.11 Å². The molecule has 0 aliphatic rings. The quantitative estimate of drug-likeness (QED) is 0.754.